The Balaban J connectivity index is 0.00000225. The normalized spacial score (nSPS) is 10.3. The summed E-state index contributed by atoms with van der Waals surface area (Å²) in [4.78, 5) is 20.8. The SMILES string of the molecule is CC(=O)Nc1nc(C)c(-c2csc(NCCc3nnc([O-])o3)n2)s1.[K+]. The Bertz CT molecular complexity index is 862. The van der Waals surface area contributed by atoms with Crippen molar-refractivity contribution in [2.45, 2.75) is 20.3 Å². The van der Waals surface area contributed by atoms with Gasteiger partial charge in [-0.2, -0.15) is 0 Å². The van der Waals surface area contributed by atoms with Crippen LogP contribution < -0.4 is 67.1 Å². The summed E-state index contributed by atoms with van der Waals surface area (Å²) in [5, 5.41) is 26.7. The van der Waals surface area contributed by atoms with Crippen molar-refractivity contribution in [3.63, 3.8) is 0 Å². The van der Waals surface area contributed by atoms with E-state index in [0.29, 0.717) is 24.0 Å². The van der Waals surface area contributed by atoms with Crippen molar-refractivity contribution < 1.29 is 65.7 Å². The number of carbonyl (C=O) groups excluding carboxylic acids is 1. The minimum Gasteiger partial charge on any atom is -0.551 e. The van der Waals surface area contributed by atoms with Gasteiger partial charge in [0.05, 0.1) is 16.3 Å². The van der Waals surface area contributed by atoms with Crippen LogP contribution in [0.2, 0.25) is 0 Å². The van der Waals surface area contributed by atoms with Gasteiger partial charge in [-0.1, -0.05) is 11.3 Å². The zero-order valence-corrected chi connectivity index (χ0v) is 18.6. The number of nitrogens with zero attached hydrogens (tertiary/aromatic N) is 4. The molecule has 0 fully saturated rings. The number of nitrogens with one attached hydrogen (secondary N) is 2. The number of amides is 1. The summed E-state index contributed by atoms with van der Waals surface area (Å²) >= 11 is 2.84. The number of hydrogen-bond acceptors (Lipinski definition) is 10. The topological polar surface area (TPSA) is 129 Å². The molecule has 0 atom stereocenters. The van der Waals surface area contributed by atoms with E-state index >= 15 is 0 Å². The first kappa shape index (κ1) is 20.4. The average Bonchev–Trinajstić information content (AvgIpc) is 3.20. The molecule has 0 saturated heterocycles. The quantitative estimate of drug-likeness (QED) is 0.483. The van der Waals surface area contributed by atoms with Gasteiger partial charge in [0.25, 0.3) is 0 Å². The first-order valence-electron chi connectivity index (χ1n) is 6.95. The third-order valence-electron chi connectivity index (χ3n) is 2.88. The maximum atomic E-state index is 11.1. The molecular formula is C13H13KN6O3S2. The second kappa shape index (κ2) is 9.16. The van der Waals surface area contributed by atoms with E-state index in [2.05, 4.69) is 30.8 Å². The Hall–Kier alpha value is -0.894. The van der Waals surface area contributed by atoms with E-state index in [9.17, 15) is 9.90 Å². The molecule has 12 heteroatoms. The van der Waals surface area contributed by atoms with Crippen LogP contribution in [0.25, 0.3) is 10.6 Å². The molecule has 0 saturated carbocycles. The fraction of sp³-hybridized carbons (Fsp3) is 0.308. The first-order valence-corrected chi connectivity index (χ1v) is 8.65. The number of carbonyl (C=O) groups is 1. The fourth-order valence-corrected chi connectivity index (χ4v) is 3.69. The molecule has 0 aliphatic heterocycles. The Labute approximate surface area is 193 Å². The summed E-state index contributed by atoms with van der Waals surface area (Å²) in [6.45, 7) is 3.84. The summed E-state index contributed by atoms with van der Waals surface area (Å²) in [5.41, 5.74) is 1.61. The summed E-state index contributed by atoms with van der Waals surface area (Å²) in [5.74, 6) is 0.140. The third kappa shape index (κ3) is 5.54. The Kier molecular flexibility index (Phi) is 7.48. The van der Waals surface area contributed by atoms with Crippen LogP contribution in [0.3, 0.4) is 0 Å². The predicted octanol–water partition coefficient (Wildman–Crippen LogP) is -1.35. The molecule has 1 amide bonds. The molecule has 25 heavy (non-hydrogen) atoms. The standard InChI is InChI=1S/C13H14N6O3S2.K/c1-6-10(24-12(15-6)16-7(2)20)8-5-23-11(17-8)14-4-3-9-18-19-13(21)22-9;/h5H,3-4H2,1-2H3,(H,14,17)(H,19,21)(H,15,16,20);/q;+1/p-1. The molecule has 3 rings (SSSR count). The largest absolute Gasteiger partial charge is 1.00 e. The van der Waals surface area contributed by atoms with Gasteiger partial charge >= 0.3 is 51.4 Å². The second-order valence-electron chi connectivity index (χ2n) is 4.79. The van der Waals surface area contributed by atoms with E-state index in [1.165, 1.54) is 29.6 Å². The Morgan fingerprint density at radius 3 is 2.80 bits per heavy atom. The van der Waals surface area contributed by atoms with Crippen LogP contribution in [0.15, 0.2) is 9.80 Å². The van der Waals surface area contributed by atoms with Crippen molar-refractivity contribution >= 4 is 38.8 Å². The van der Waals surface area contributed by atoms with Gasteiger partial charge in [0, 0.05) is 25.3 Å². The van der Waals surface area contributed by atoms with E-state index in [1.54, 1.807) is 0 Å². The molecule has 9 nitrogen and oxygen atoms in total. The van der Waals surface area contributed by atoms with Gasteiger partial charge in [-0.15, -0.1) is 21.5 Å². The molecule has 0 spiro atoms. The van der Waals surface area contributed by atoms with Crippen molar-refractivity contribution in [3.8, 4) is 16.6 Å². The van der Waals surface area contributed by atoms with Crippen LogP contribution in [0.4, 0.5) is 10.3 Å². The minimum absolute atomic E-state index is 0. The Morgan fingerprint density at radius 1 is 1.32 bits per heavy atom. The van der Waals surface area contributed by atoms with Crippen molar-refractivity contribution in [1.82, 2.24) is 20.2 Å². The van der Waals surface area contributed by atoms with Gasteiger partial charge in [0.15, 0.2) is 16.3 Å². The fourth-order valence-electron chi connectivity index (χ4n) is 1.91. The molecule has 0 unspecified atom stereocenters. The number of aryl methyl sites for hydroxylation is 1. The molecule has 0 aromatic carbocycles. The van der Waals surface area contributed by atoms with E-state index in [-0.39, 0.29) is 57.3 Å². The van der Waals surface area contributed by atoms with E-state index in [1.807, 2.05) is 12.3 Å². The molecular weight excluding hydrogens is 391 g/mol. The predicted molar refractivity (Wildman–Crippen MR) is 88.2 cm³/mol. The smallest absolute Gasteiger partial charge is 0.551 e. The van der Waals surface area contributed by atoms with Gasteiger partial charge in [0.1, 0.15) is 5.89 Å². The van der Waals surface area contributed by atoms with E-state index in [4.69, 9.17) is 4.42 Å². The van der Waals surface area contributed by atoms with Gasteiger partial charge in [-0.3, -0.25) is 4.79 Å². The number of hydrogen-bond donors (Lipinski definition) is 2. The van der Waals surface area contributed by atoms with E-state index in [0.717, 1.165) is 21.4 Å². The molecule has 3 heterocycles. The monoisotopic (exact) mass is 404 g/mol. The van der Waals surface area contributed by atoms with Crippen molar-refractivity contribution in [2.24, 2.45) is 0 Å². The van der Waals surface area contributed by atoms with Crippen LogP contribution in [0, 0.1) is 6.92 Å². The van der Waals surface area contributed by atoms with Crippen LogP contribution >= 0.6 is 22.7 Å². The maximum absolute atomic E-state index is 11.1. The molecule has 0 bridgehead atoms. The van der Waals surface area contributed by atoms with Gasteiger partial charge in [-0.25, -0.2) is 9.97 Å². The number of anilines is 2. The molecule has 2 N–H and O–H groups in total. The summed E-state index contributed by atoms with van der Waals surface area (Å²) in [6, 6.07) is 0. The number of thiazole rings is 2. The molecule has 3 aromatic heterocycles. The van der Waals surface area contributed by atoms with Crippen LogP contribution in [0.5, 0.6) is 6.08 Å². The molecule has 3 aromatic rings. The molecule has 0 aliphatic rings. The Morgan fingerprint density at radius 2 is 2.12 bits per heavy atom. The summed E-state index contributed by atoms with van der Waals surface area (Å²) in [6.07, 6.45) is -0.242. The molecule has 0 aliphatic carbocycles. The minimum atomic E-state index is -0.683. The molecule has 0 radical (unpaired) electrons. The van der Waals surface area contributed by atoms with Gasteiger partial charge in [-0.05, 0) is 6.92 Å². The van der Waals surface area contributed by atoms with Crippen LogP contribution in [-0.4, -0.2) is 32.6 Å². The van der Waals surface area contributed by atoms with Crippen molar-refractivity contribution in [3.05, 3.63) is 17.0 Å². The molecule has 126 valence electrons. The maximum Gasteiger partial charge on any atom is 1.00 e. The average molecular weight is 405 g/mol. The zero-order chi connectivity index (χ0) is 17.1. The third-order valence-corrected chi connectivity index (χ3v) is 4.78. The number of aromatic nitrogens is 4. The van der Waals surface area contributed by atoms with Gasteiger partial charge in [0.2, 0.25) is 5.91 Å². The summed E-state index contributed by atoms with van der Waals surface area (Å²) < 4.78 is 4.77. The van der Waals surface area contributed by atoms with Crippen LogP contribution in [0.1, 0.15) is 18.5 Å². The summed E-state index contributed by atoms with van der Waals surface area (Å²) in [7, 11) is 0. The zero-order valence-electron chi connectivity index (χ0n) is 13.8. The number of rotatable bonds is 6. The first-order chi connectivity index (χ1) is 11.5. The van der Waals surface area contributed by atoms with Crippen molar-refractivity contribution in [2.75, 3.05) is 17.2 Å². The second-order valence-corrected chi connectivity index (χ2v) is 6.65. The van der Waals surface area contributed by atoms with E-state index < -0.39 is 6.08 Å². The van der Waals surface area contributed by atoms with Crippen LogP contribution in [-0.2, 0) is 11.2 Å². The van der Waals surface area contributed by atoms with Crippen molar-refractivity contribution in [1.29, 1.82) is 0 Å². The van der Waals surface area contributed by atoms with Gasteiger partial charge < -0.3 is 20.2 Å².